The highest BCUT2D eigenvalue weighted by molar-refractivity contribution is 8.27. The molecule has 3 rings (SSSR count). The fourth-order valence-corrected chi connectivity index (χ4v) is 3.82. The Hall–Kier alpha value is -2.51. The summed E-state index contributed by atoms with van der Waals surface area (Å²) >= 11 is 6.54. The molecule has 25 heavy (non-hydrogen) atoms. The van der Waals surface area contributed by atoms with E-state index in [1.807, 2.05) is 31.2 Å². The highest BCUT2D eigenvalue weighted by Gasteiger charge is 2.33. The molecule has 2 aromatic rings. The molecule has 0 unspecified atom stereocenters. The van der Waals surface area contributed by atoms with Gasteiger partial charge < -0.3 is 0 Å². The van der Waals surface area contributed by atoms with Crippen LogP contribution in [0.1, 0.15) is 16.7 Å². The molecule has 0 aliphatic carbocycles. The zero-order chi connectivity index (χ0) is 18.1. The molecule has 0 saturated carbocycles. The van der Waals surface area contributed by atoms with E-state index in [9.17, 15) is 14.9 Å². The smallest absolute Gasteiger partial charge is 0.268 e. The average Bonchev–Trinajstić information content (AvgIpc) is 2.83. The molecule has 126 valence electrons. The number of carbonyl (C=O) groups excluding carboxylic acids is 1. The molecule has 1 amide bonds. The van der Waals surface area contributed by atoms with Gasteiger partial charge in [0.1, 0.15) is 0 Å². The molecule has 2 aromatic carbocycles. The summed E-state index contributed by atoms with van der Waals surface area (Å²) in [4.78, 5) is 25.3. The number of nitro groups is 1. The molecule has 1 heterocycles. The third kappa shape index (κ3) is 3.47. The van der Waals surface area contributed by atoms with E-state index in [4.69, 9.17) is 12.2 Å². The number of benzene rings is 2. The zero-order valence-electron chi connectivity index (χ0n) is 13.6. The van der Waals surface area contributed by atoms with Crippen LogP contribution < -0.4 is 4.90 Å². The molecule has 1 aliphatic rings. The van der Waals surface area contributed by atoms with E-state index in [1.165, 1.54) is 22.7 Å². The lowest BCUT2D eigenvalue weighted by Gasteiger charge is -2.14. The SMILES string of the molecule is Cc1cccc(N2C(=O)/C(=C\c3ccc(C)c([N+](=O)[O-])c3)SC2=S)c1. The van der Waals surface area contributed by atoms with Gasteiger partial charge in [-0.15, -0.1) is 0 Å². The average molecular weight is 370 g/mol. The normalized spacial score (nSPS) is 15.9. The van der Waals surface area contributed by atoms with Crippen LogP contribution in [0.2, 0.25) is 0 Å². The van der Waals surface area contributed by atoms with Crippen molar-refractivity contribution in [2.24, 2.45) is 0 Å². The van der Waals surface area contributed by atoms with Gasteiger partial charge in [0.25, 0.3) is 11.6 Å². The van der Waals surface area contributed by atoms with Gasteiger partial charge in [-0.05, 0) is 43.2 Å². The Morgan fingerprint density at radius 2 is 1.96 bits per heavy atom. The van der Waals surface area contributed by atoms with Crippen LogP contribution in [0.3, 0.4) is 0 Å². The van der Waals surface area contributed by atoms with Crippen LogP contribution >= 0.6 is 24.0 Å². The fourth-order valence-electron chi connectivity index (χ4n) is 2.52. The van der Waals surface area contributed by atoms with Gasteiger partial charge in [-0.2, -0.15) is 0 Å². The van der Waals surface area contributed by atoms with Crippen LogP contribution in [0.5, 0.6) is 0 Å². The second-order valence-corrected chi connectivity index (χ2v) is 7.33. The molecule has 5 nitrogen and oxygen atoms in total. The minimum atomic E-state index is -0.426. The summed E-state index contributed by atoms with van der Waals surface area (Å²) in [6, 6.07) is 12.4. The third-order valence-corrected chi connectivity index (χ3v) is 5.08. The molecule has 0 atom stereocenters. The third-order valence-electron chi connectivity index (χ3n) is 3.78. The van der Waals surface area contributed by atoms with Gasteiger partial charge in [-0.25, -0.2) is 0 Å². The van der Waals surface area contributed by atoms with E-state index in [1.54, 1.807) is 25.1 Å². The largest absolute Gasteiger partial charge is 0.272 e. The lowest BCUT2D eigenvalue weighted by atomic mass is 10.1. The Bertz CT molecular complexity index is 938. The number of thiocarbonyl (C=S) groups is 1. The van der Waals surface area contributed by atoms with Crippen molar-refractivity contribution in [3.8, 4) is 0 Å². The van der Waals surface area contributed by atoms with Crippen LogP contribution in [-0.4, -0.2) is 15.2 Å². The maximum atomic E-state index is 12.7. The summed E-state index contributed by atoms with van der Waals surface area (Å²) in [6.45, 7) is 3.63. The van der Waals surface area contributed by atoms with E-state index >= 15 is 0 Å². The monoisotopic (exact) mass is 370 g/mol. The topological polar surface area (TPSA) is 63.5 Å². The number of hydrogen-bond acceptors (Lipinski definition) is 5. The first-order valence-corrected chi connectivity index (χ1v) is 8.69. The number of nitrogens with zero attached hydrogens (tertiary/aromatic N) is 2. The molecule has 1 aliphatic heterocycles. The van der Waals surface area contributed by atoms with Gasteiger partial charge >= 0.3 is 0 Å². The second kappa shape index (κ2) is 6.78. The van der Waals surface area contributed by atoms with Crippen LogP contribution in [0, 0.1) is 24.0 Å². The van der Waals surface area contributed by atoms with Crippen LogP contribution in [0.4, 0.5) is 11.4 Å². The lowest BCUT2D eigenvalue weighted by Crippen LogP contribution is -2.27. The fraction of sp³-hybridized carbons (Fsp3) is 0.111. The number of amides is 1. The first-order valence-electron chi connectivity index (χ1n) is 7.46. The van der Waals surface area contributed by atoms with Gasteiger partial charge in [-0.3, -0.25) is 19.8 Å². The van der Waals surface area contributed by atoms with Crippen molar-refractivity contribution in [1.29, 1.82) is 0 Å². The van der Waals surface area contributed by atoms with E-state index in [2.05, 4.69) is 0 Å². The Morgan fingerprint density at radius 1 is 1.20 bits per heavy atom. The minimum Gasteiger partial charge on any atom is -0.268 e. The van der Waals surface area contributed by atoms with Crippen molar-refractivity contribution in [3.05, 3.63) is 74.2 Å². The summed E-state index contributed by atoms with van der Waals surface area (Å²) in [7, 11) is 0. The highest BCUT2D eigenvalue weighted by Crippen LogP contribution is 2.36. The van der Waals surface area contributed by atoms with Crippen LogP contribution in [0.25, 0.3) is 6.08 Å². The molecule has 0 radical (unpaired) electrons. The van der Waals surface area contributed by atoms with E-state index in [-0.39, 0.29) is 11.6 Å². The van der Waals surface area contributed by atoms with Crippen molar-refractivity contribution in [2.45, 2.75) is 13.8 Å². The number of rotatable bonds is 3. The number of carbonyl (C=O) groups is 1. The first kappa shape index (κ1) is 17.3. The summed E-state index contributed by atoms with van der Waals surface area (Å²) in [5.41, 5.74) is 2.96. The Labute approximate surface area is 154 Å². The molecule has 0 aromatic heterocycles. The maximum absolute atomic E-state index is 12.7. The highest BCUT2D eigenvalue weighted by atomic mass is 32.2. The molecule has 0 bridgehead atoms. The number of hydrogen-bond donors (Lipinski definition) is 0. The Balaban J connectivity index is 1.96. The van der Waals surface area contributed by atoms with Gasteiger partial charge in [-0.1, -0.05) is 48.2 Å². The van der Waals surface area contributed by atoms with Crippen molar-refractivity contribution in [1.82, 2.24) is 0 Å². The number of nitro benzene ring substituents is 1. The predicted molar refractivity (Wildman–Crippen MR) is 105 cm³/mol. The molecule has 1 fully saturated rings. The Kier molecular flexibility index (Phi) is 4.69. The number of anilines is 1. The quantitative estimate of drug-likeness (QED) is 0.341. The lowest BCUT2D eigenvalue weighted by molar-refractivity contribution is -0.385. The molecular formula is C18H14N2O3S2. The summed E-state index contributed by atoms with van der Waals surface area (Å²) in [5, 5.41) is 11.1. The zero-order valence-corrected chi connectivity index (χ0v) is 15.2. The Morgan fingerprint density at radius 3 is 2.64 bits per heavy atom. The number of aryl methyl sites for hydroxylation is 2. The molecular weight excluding hydrogens is 356 g/mol. The summed E-state index contributed by atoms with van der Waals surface area (Å²) in [5.74, 6) is -0.219. The van der Waals surface area contributed by atoms with Crippen LogP contribution in [0.15, 0.2) is 47.4 Å². The van der Waals surface area contributed by atoms with Crippen molar-refractivity contribution < 1.29 is 9.72 Å². The van der Waals surface area contributed by atoms with E-state index in [0.29, 0.717) is 20.4 Å². The predicted octanol–water partition coefficient (Wildman–Crippen LogP) is 4.62. The molecule has 0 spiro atoms. The first-order chi connectivity index (χ1) is 11.9. The van der Waals surface area contributed by atoms with Crippen LogP contribution in [-0.2, 0) is 4.79 Å². The van der Waals surface area contributed by atoms with Gasteiger partial charge in [0.05, 0.1) is 15.5 Å². The second-order valence-electron chi connectivity index (χ2n) is 5.66. The van der Waals surface area contributed by atoms with Crippen molar-refractivity contribution in [3.63, 3.8) is 0 Å². The van der Waals surface area contributed by atoms with Crippen molar-refractivity contribution >= 4 is 51.7 Å². The van der Waals surface area contributed by atoms with E-state index < -0.39 is 4.92 Å². The summed E-state index contributed by atoms with van der Waals surface area (Å²) < 4.78 is 0.448. The molecule has 1 saturated heterocycles. The summed E-state index contributed by atoms with van der Waals surface area (Å²) in [6.07, 6.45) is 1.64. The minimum absolute atomic E-state index is 0.0305. The standard InChI is InChI=1S/C18H14N2O3S2/c1-11-4-3-5-14(8-11)19-17(21)16(25-18(19)24)10-13-7-6-12(2)15(9-13)20(22)23/h3-10H,1-2H3/b16-10+. The van der Waals surface area contributed by atoms with Gasteiger partial charge in [0.2, 0.25) is 0 Å². The van der Waals surface area contributed by atoms with Crippen molar-refractivity contribution in [2.75, 3.05) is 4.90 Å². The van der Waals surface area contributed by atoms with Gasteiger partial charge in [0.15, 0.2) is 4.32 Å². The van der Waals surface area contributed by atoms with E-state index in [0.717, 1.165) is 11.3 Å². The molecule has 0 N–H and O–H groups in total. The maximum Gasteiger partial charge on any atom is 0.272 e. The number of thioether (sulfide) groups is 1. The van der Waals surface area contributed by atoms with Gasteiger partial charge in [0, 0.05) is 11.6 Å². The molecule has 7 heteroatoms.